The summed E-state index contributed by atoms with van der Waals surface area (Å²) < 4.78 is 2.26. The third-order valence-electron chi connectivity index (χ3n) is 3.11. The van der Waals surface area contributed by atoms with Crippen LogP contribution in [0.4, 0.5) is 0 Å². The van der Waals surface area contributed by atoms with Gasteiger partial charge in [-0.3, -0.25) is 0 Å². The molecule has 1 aromatic heterocycles. The van der Waals surface area contributed by atoms with E-state index in [2.05, 4.69) is 43.6 Å². The molecule has 0 atom stereocenters. The highest BCUT2D eigenvalue weighted by Gasteiger charge is 2.12. The number of hydrogen-bond donors (Lipinski definition) is 1. The van der Waals surface area contributed by atoms with Gasteiger partial charge in [0, 0.05) is 30.1 Å². The topological polar surface area (TPSA) is 29.9 Å². The quantitative estimate of drug-likeness (QED) is 0.926. The molecule has 2 aromatic rings. The van der Waals surface area contributed by atoms with Gasteiger partial charge in [0.1, 0.15) is 5.82 Å². The van der Waals surface area contributed by atoms with Crippen molar-refractivity contribution in [3.63, 3.8) is 0 Å². The minimum atomic E-state index is 0.145. The summed E-state index contributed by atoms with van der Waals surface area (Å²) in [4.78, 5) is 4.70. The minimum Gasteiger partial charge on any atom is -0.328 e. The highest BCUT2D eigenvalue weighted by molar-refractivity contribution is 6.31. The zero-order chi connectivity index (χ0) is 14.0. The maximum absolute atomic E-state index is 6.03. The number of aromatic nitrogens is 2. The Hall–Kier alpha value is -1.06. The molecule has 0 spiro atoms. The Bertz CT molecular complexity index is 567. The molecule has 0 saturated carbocycles. The third-order valence-corrected chi connectivity index (χ3v) is 3.34. The first kappa shape index (κ1) is 14.4. The van der Waals surface area contributed by atoms with Gasteiger partial charge in [-0.25, -0.2) is 4.98 Å². The van der Waals surface area contributed by atoms with E-state index in [-0.39, 0.29) is 5.54 Å². The molecule has 1 N–H and O–H groups in total. The van der Waals surface area contributed by atoms with E-state index >= 15 is 0 Å². The molecule has 0 amide bonds. The molecule has 0 aliphatic rings. The van der Waals surface area contributed by atoms with E-state index in [0.29, 0.717) is 0 Å². The average Bonchev–Trinajstić information content (AvgIpc) is 2.63. The smallest absolute Gasteiger partial charge is 0.111 e. The van der Waals surface area contributed by atoms with Crippen molar-refractivity contribution in [3.05, 3.63) is 29.0 Å². The summed E-state index contributed by atoms with van der Waals surface area (Å²) in [6.07, 6.45) is 0.928. The van der Waals surface area contributed by atoms with Gasteiger partial charge in [-0.1, -0.05) is 11.6 Å². The van der Waals surface area contributed by atoms with Crippen molar-refractivity contribution >= 4 is 22.6 Å². The average molecular weight is 280 g/mol. The van der Waals surface area contributed by atoms with Crippen molar-refractivity contribution in [3.8, 4) is 0 Å². The van der Waals surface area contributed by atoms with E-state index in [1.54, 1.807) is 0 Å². The van der Waals surface area contributed by atoms with Gasteiger partial charge in [0.25, 0.3) is 0 Å². The van der Waals surface area contributed by atoms with E-state index < -0.39 is 0 Å². The van der Waals surface area contributed by atoms with Gasteiger partial charge in [-0.2, -0.15) is 0 Å². The fourth-order valence-electron chi connectivity index (χ4n) is 2.25. The number of benzene rings is 1. The molecule has 1 heterocycles. The van der Waals surface area contributed by atoms with E-state index in [4.69, 9.17) is 16.6 Å². The Morgan fingerprint density at radius 1 is 1.32 bits per heavy atom. The molecule has 1 aromatic carbocycles. The second-order valence-electron chi connectivity index (χ2n) is 5.83. The first-order chi connectivity index (χ1) is 8.90. The van der Waals surface area contributed by atoms with Crippen molar-refractivity contribution in [2.45, 2.75) is 46.2 Å². The van der Waals surface area contributed by atoms with Crippen molar-refractivity contribution in [2.75, 3.05) is 6.54 Å². The van der Waals surface area contributed by atoms with Crippen molar-refractivity contribution < 1.29 is 0 Å². The predicted octanol–water partition coefficient (Wildman–Crippen LogP) is 3.64. The van der Waals surface area contributed by atoms with Gasteiger partial charge in [0.2, 0.25) is 0 Å². The number of nitrogens with one attached hydrogen (secondary N) is 1. The Kier molecular flexibility index (Phi) is 4.16. The molecular weight excluding hydrogens is 258 g/mol. The lowest BCUT2D eigenvalue weighted by molar-refractivity contribution is 0.425. The van der Waals surface area contributed by atoms with Crippen LogP contribution >= 0.6 is 11.6 Å². The first-order valence-electron chi connectivity index (χ1n) is 6.80. The highest BCUT2D eigenvalue weighted by Crippen LogP contribution is 2.20. The standard InChI is InChI=1S/C15H22ClN3/c1-5-19-13-7-6-11(16)10-12(13)18-14(19)8-9-17-15(2,3)4/h6-7,10,17H,5,8-9H2,1-4H3. The Balaban J connectivity index is 2.22. The SMILES string of the molecule is CCn1c(CCNC(C)(C)C)nc2cc(Cl)ccc21. The normalized spacial score (nSPS) is 12.3. The van der Waals surface area contributed by atoms with Crippen LogP contribution in [0.15, 0.2) is 18.2 Å². The molecule has 0 unspecified atom stereocenters. The summed E-state index contributed by atoms with van der Waals surface area (Å²) in [6.45, 7) is 10.5. The Morgan fingerprint density at radius 2 is 2.05 bits per heavy atom. The van der Waals surface area contributed by atoms with Crippen LogP contribution in [0.5, 0.6) is 0 Å². The van der Waals surface area contributed by atoms with Gasteiger partial charge in [-0.15, -0.1) is 0 Å². The van der Waals surface area contributed by atoms with Crippen LogP contribution in [-0.2, 0) is 13.0 Å². The van der Waals surface area contributed by atoms with Crippen LogP contribution in [-0.4, -0.2) is 21.6 Å². The Morgan fingerprint density at radius 3 is 2.68 bits per heavy atom. The van der Waals surface area contributed by atoms with Crippen LogP contribution in [0, 0.1) is 0 Å². The molecule has 104 valence electrons. The lowest BCUT2D eigenvalue weighted by Gasteiger charge is -2.20. The van der Waals surface area contributed by atoms with Crippen LogP contribution in [0.1, 0.15) is 33.5 Å². The maximum Gasteiger partial charge on any atom is 0.111 e. The molecule has 3 nitrogen and oxygen atoms in total. The summed E-state index contributed by atoms with van der Waals surface area (Å²) in [5.74, 6) is 1.12. The van der Waals surface area contributed by atoms with Gasteiger partial charge in [0.05, 0.1) is 11.0 Å². The van der Waals surface area contributed by atoms with Crippen molar-refractivity contribution in [1.82, 2.24) is 14.9 Å². The van der Waals surface area contributed by atoms with Crippen LogP contribution in [0.25, 0.3) is 11.0 Å². The lowest BCUT2D eigenvalue weighted by atomic mass is 10.1. The van der Waals surface area contributed by atoms with Gasteiger partial charge in [-0.05, 0) is 45.9 Å². The van der Waals surface area contributed by atoms with Crippen molar-refractivity contribution in [1.29, 1.82) is 0 Å². The largest absolute Gasteiger partial charge is 0.328 e. The number of imidazole rings is 1. The molecule has 0 aliphatic carbocycles. The number of hydrogen-bond acceptors (Lipinski definition) is 2. The van der Waals surface area contributed by atoms with E-state index in [1.807, 2.05) is 12.1 Å². The number of aryl methyl sites for hydroxylation is 1. The van der Waals surface area contributed by atoms with Crippen LogP contribution < -0.4 is 5.32 Å². The zero-order valence-electron chi connectivity index (χ0n) is 12.1. The van der Waals surface area contributed by atoms with E-state index in [0.717, 1.165) is 41.4 Å². The van der Waals surface area contributed by atoms with Gasteiger partial charge >= 0.3 is 0 Å². The van der Waals surface area contributed by atoms with E-state index in [9.17, 15) is 0 Å². The molecule has 0 aliphatic heterocycles. The predicted molar refractivity (Wildman–Crippen MR) is 81.9 cm³/mol. The second kappa shape index (κ2) is 5.51. The summed E-state index contributed by atoms with van der Waals surface area (Å²) in [5, 5.41) is 4.24. The lowest BCUT2D eigenvalue weighted by Crippen LogP contribution is -2.37. The number of fused-ring (bicyclic) bond motifs is 1. The molecular formula is C15H22ClN3. The summed E-state index contributed by atoms with van der Waals surface area (Å²) in [6, 6.07) is 5.91. The van der Waals surface area contributed by atoms with Crippen molar-refractivity contribution in [2.24, 2.45) is 0 Å². The molecule has 0 bridgehead atoms. The molecule has 2 rings (SSSR count). The zero-order valence-corrected chi connectivity index (χ0v) is 12.9. The molecule has 19 heavy (non-hydrogen) atoms. The Labute approximate surface area is 120 Å². The number of nitrogens with zero attached hydrogens (tertiary/aromatic N) is 2. The van der Waals surface area contributed by atoms with E-state index in [1.165, 1.54) is 0 Å². The van der Waals surface area contributed by atoms with Gasteiger partial charge < -0.3 is 9.88 Å². The minimum absolute atomic E-state index is 0.145. The monoisotopic (exact) mass is 279 g/mol. The van der Waals surface area contributed by atoms with Gasteiger partial charge in [0.15, 0.2) is 0 Å². The number of halogens is 1. The maximum atomic E-state index is 6.03. The molecule has 4 heteroatoms. The fraction of sp³-hybridized carbons (Fsp3) is 0.533. The molecule has 0 saturated heterocycles. The van der Waals surface area contributed by atoms with Crippen LogP contribution in [0.3, 0.4) is 0 Å². The number of rotatable bonds is 4. The fourth-order valence-corrected chi connectivity index (χ4v) is 2.41. The summed E-state index contributed by atoms with van der Waals surface area (Å²) in [5.41, 5.74) is 2.30. The second-order valence-corrected chi connectivity index (χ2v) is 6.27. The highest BCUT2D eigenvalue weighted by atomic mass is 35.5. The summed E-state index contributed by atoms with van der Waals surface area (Å²) >= 11 is 6.03. The molecule has 0 radical (unpaired) electrons. The first-order valence-corrected chi connectivity index (χ1v) is 7.18. The summed E-state index contributed by atoms with van der Waals surface area (Å²) in [7, 11) is 0. The molecule has 0 fully saturated rings. The van der Waals surface area contributed by atoms with Crippen LogP contribution in [0.2, 0.25) is 5.02 Å². The third kappa shape index (κ3) is 3.48.